The Labute approximate surface area is 164 Å². The van der Waals surface area contributed by atoms with E-state index in [2.05, 4.69) is 31.3 Å². The van der Waals surface area contributed by atoms with Crippen molar-refractivity contribution in [3.63, 3.8) is 0 Å². The molecule has 0 bridgehead atoms. The molecule has 0 radical (unpaired) electrons. The van der Waals surface area contributed by atoms with Crippen LogP contribution in [0.5, 0.6) is 0 Å². The lowest BCUT2D eigenvalue weighted by molar-refractivity contribution is -0.141. The molecule has 2 N–H and O–H groups in total. The molecular weight excluding hydrogens is 420 g/mol. The van der Waals surface area contributed by atoms with Gasteiger partial charge in [0.2, 0.25) is 5.91 Å². The predicted octanol–water partition coefficient (Wildman–Crippen LogP) is 3.05. The minimum atomic E-state index is -0.433. The van der Waals surface area contributed by atoms with E-state index in [1.54, 1.807) is 24.3 Å². The first-order chi connectivity index (χ1) is 12.5. The van der Waals surface area contributed by atoms with Crippen LogP contribution in [0.1, 0.15) is 34.1 Å². The standard InChI is InChI=1S/C18H19BrN2O4S/c1-25-17(23)11-14(15-3-2-10-26-15)21-16(22)8-9-20-18(24)12-4-6-13(19)7-5-12/h2-7,10,14H,8-9,11H2,1H3,(H,20,24)(H,21,22)/t14-/m0/s1. The molecule has 0 fully saturated rings. The molecule has 0 saturated carbocycles. The summed E-state index contributed by atoms with van der Waals surface area (Å²) in [6.45, 7) is 0.204. The number of amides is 2. The zero-order chi connectivity index (χ0) is 18.9. The van der Waals surface area contributed by atoms with Crippen molar-refractivity contribution in [3.8, 4) is 0 Å². The number of nitrogens with one attached hydrogen (secondary N) is 2. The molecule has 138 valence electrons. The number of ether oxygens (including phenoxy) is 1. The van der Waals surface area contributed by atoms with Crippen molar-refractivity contribution in [2.24, 2.45) is 0 Å². The van der Waals surface area contributed by atoms with Crippen LogP contribution in [-0.4, -0.2) is 31.4 Å². The van der Waals surface area contributed by atoms with E-state index in [1.807, 2.05) is 17.5 Å². The number of rotatable bonds is 8. The van der Waals surface area contributed by atoms with Gasteiger partial charge in [-0.05, 0) is 35.7 Å². The lowest BCUT2D eigenvalue weighted by Gasteiger charge is -2.16. The molecule has 1 heterocycles. The second-order valence-corrected chi connectivity index (χ2v) is 7.32. The fourth-order valence-corrected chi connectivity index (χ4v) is 3.26. The summed E-state index contributed by atoms with van der Waals surface area (Å²) < 4.78 is 5.57. The quantitative estimate of drug-likeness (QED) is 0.620. The summed E-state index contributed by atoms with van der Waals surface area (Å²) in [5, 5.41) is 7.40. The number of hydrogen-bond donors (Lipinski definition) is 2. The number of hydrogen-bond acceptors (Lipinski definition) is 5. The third-order valence-corrected chi connectivity index (χ3v) is 5.08. The molecule has 0 aliphatic carbocycles. The number of carbonyl (C=O) groups is 3. The smallest absolute Gasteiger partial charge is 0.307 e. The molecule has 0 saturated heterocycles. The zero-order valence-electron chi connectivity index (χ0n) is 14.2. The maximum absolute atomic E-state index is 12.2. The third kappa shape index (κ3) is 6.27. The van der Waals surface area contributed by atoms with Gasteiger partial charge in [-0.1, -0.05) is 22.0 Å². The fraction of sp³-hybridized carbons (Fsp3) is 0.278. The highest BCUT2D eigenvalue weighted by Crippen LogP contribution is 2.22. The van der Waals surface area contributed by atoms with Gasteiger partial charge < -0.3 is 15.4 Å². The third-order valence-electron chi connectivity index (χ3n) is 3.56. The van der Waals surface area contributed by atoms with E-state index in [9.17, 15) is 14.4 Å². The van der Waals surface area contributed by atoms with Crippen LogP contribution in [0, 0.1) is 0 Å². The van der Waals surface area contributed by atoms with E-state index in [-0.39, 0.29) is 31.2 Å². The summed E-state index contributed by atoms with van der Waals surface area (Å²) in [4.78, 5) is 36.6. The van der Waals surface area contributed by atoms with Crippen molar-refractivity contribution < 1.29 is 19.1 Å². The maximum atomic E-state index is 12.2. The Morgan fingerprint density at radius 3 is 2.54 bits per heavy atom. The number of benzene rings is 1. The maximum Gasteiger partial charge on any atom is 0.307 e. The first-order valence-corrected chi connectivity index (χ1v) is 9.60. The van der Waals surface area contributed by atoms with Gasteiger partial charge in [-0.25, -0.2) is 0 Å². The summed E-state index contributed by atoms with van der Waals surface area (Å²) in [6, 6.07) is 10.2. The second kappa shape index (κ2) is 10.1. The van der Waals surface area contributed by atoms with E-state index in [0.717, 1.165) is 9.35 Å². The van der Waals surface area contributed by atoms with Crippen LogP contribution in [0.2, 0.25) is 0 Å². The molecule has 1 aromatic heterocycles. The molecule has 2 aromatic rings. The van der Waals surface area contributed by atoms with Crippen molar-refractivity contribution in [2.45, 2.75) is 18.9 Å². The summed E-state index contributed by atoms with van der Waals surface area (Å²) >= 11 is 4.77. The number of thiophene rings is 1. The molecule has 0 unspecified atom stereocenters. The molecule has 6 nitrogen and oxygen atoms in total. The number of carbonyl (C=O) groups excluding carboxylic acids is 3. The van der Waals surface area contributed by atoms with Crippen molar-refractivity contribution in [2.75, 3.05) is 13.7 Å². The van der Waals surface area contributed by atoms with Crippen molar-refractivity contribution in [1.29, 1.82) is 0 Å². The van der Waals surface area contributed by atoms with Gasteiger partial charge in [-0.15, -0.1) is 11.3 Å². The van der Waals surface area contributed by atoms with Gasteiger partial charge in [-0.2, -0.15) is 0 Å². The Hall–Kier alpha value is -2.19. The van der Waals surface area contributed by atoms with Gasteiger partial charge >= 0.3 is 5.97 Å². The van der Waals surface area contributed by atoms with Gasteiger partial charge in [0.05, 0.1) is 19.6 Å². The Morgan fingerprint density at radius 2 is 1.92 bits per heavy atom. The van der Waals surface area contributed by atoms with Gasteiger partial charge in [0.15, 0.2) is 0 Å². The lowest BCUT2D eigenvalue weighted by atomic mass is 10.1. The fourth-order valence-electron chi connectivity index (χ4n) is 2.22. The van der Waals surface area contributed by atoms with E-state index in [4.69, 9.17) is 0 Å². The molecule has 8 heteroatoms. The Morgan fingerprint density at radius 1 is 1.19 bits per heavy atom. The highest BCUT2D eigenvalue weighted by atomic mass is 79.9. The zero-order valence-corrected chi connectivity index (χ0v) is 16.6. The highest BCUT2D eigenvalue weighted by molar-refractivity contribution is 9.10. The average molecular weight is 439 g/mol. The van der Waals surface area contributed by atoms with Gasteiger partial charge in [-0.3, -0.25) is 14.4 Å². The number of halogens is 1. The molecule has 1 atom stereocenters. The Kier molecular flexibility index (Phi) is 7.80. The van der Waals surface area contributed by atoms with E-state index in [0.29, 0.717) is 5.56 Å². The minimum absolute atomic E-state index is 0.0635. The van der Waals surface area contributed by atoms with E-state index < -0.39 is 12.0 Å². The Bertz CT molecular complexity index is 747. The second-order valence-electron chi connectivity index (χ2n) is 5.43. The summed E-state index contributed by atoms with van der Waals surface area (Å²) in [5.74, 6) is -0.884. The van der Waals surface area contributed by atoms with Crippen LogP contribution in [0.3, 0.4) is 0 Å². The molecule has 2 rings (SSSR count). The Balaban J connectivity index is 1.83. The average Bonchev–Trinajstić information content (AvgIpc) is 3.16. The number of methoxy groups -OCH3 is 1. The molecule has 0 spiro atoms. The summed E-state index contributed by atoms with van der Waals surface area (Å²) in [7, 11) is 1.31. The van der Waals surface area contributed by atoms with Crippen LogP contribution in [-0.2, 0) is 14.3 Å². The molecular formula is C18H19BrN2O4S. The van der Waals surface area contributed by atoms with Crippen LogP contribution in [0.4, 0.5) is 0 Å². The first-order valence-electron chi connectivity index (χ1n) is 7.93. The summed E-state index contributed by atoms with van der Waals surface area (Å²) in [5.41, 5.74) is 0.524. The van der Waals surface area contributed by atoms with Crippen molar-refractivity contribution >= 4 is 45.1 Å². The molecule has 2 amide bonds. The SMILES string of the molecule is COC(=O)C[C@H](NC(=O)CCNC(=O)c1ccc(Br)cc1)c1cccs1. The van der Waals surface area contributed by atoms with Crippen LogP contribution in [0.15, 0.2) is 46.3 Å². The summed E-state index contributed by atoms with van der Waals surface area (Å²) in [6.07, 6.45) is 0.180. The van der Waals surface area contributed by atoms with Gasteiger partial charge in [0, 0.05) is 27.9 Å². The number of esters is 1. The van der Waals surface area contributed by atoms with Crippen molar-refractivity contribution in [3.05, 3.63) is 56.7 Å². The lowest BCUT2D eigenvalue weighted by Crippen LogP contribution is -2.33. The molecule has 26 heavy (non-hydrogen) atoms. The normalized spacial score (nSPS) is 11.5. The van der Waals surface area contributed by atoms with E-state index >= 15 is 0 Å². The minimum Gasteiger partial charge on any atom is -0.469 e. The van der Waals surface area contributed by atoms with Crippen LogP contribution >= 0.6 is 27.3 Å². The van der Waals surface area contributed by atoms with Gasteiger partial charge in [0.25, 0.3) is 5.91 Å². The first kappa shape index (κ1) is 20.1. The topological polar surface area (TPSA) is 84.5 Å². The highest BCUT2D eigenvalue weighted by Gasteiger charge is 2.19. The molecule has 0 aliphatic heterocycles. The van der Waals surface area contributed by atoms with E-state index in [1.165, 1.54) is 18.4 Å². The predicted molar refractivity (Wildman–Crippen MR) is 103 cm³/mol. The monoisotopic (exact) mass is 438 g/mol. The molecule has 0 aliphatic rings. The largest absolute Gasteiger partial charge is 0.469 e. The van der Waals surface area contributed by atoms with Crippen molar-refractivity contribution in [1.82, 2.24) is 10.6 Å². The van der Waals surface area contributed by atoms with Crippen LogP contribution in [0.25, 0.3) is 0 Å². The van der Waals surface area contributed by atoms with Crippen LogP contribution < -0.4 is 10.6 Å². The molecule has 1 aromatic carbocycles. The van der Waals surface area contributed by atoms with Gasteiger partial charge in [0.1, 0.15) is 0 Å².